The number of nitrogens with zero attached hydrogens (tertiary/aromatic N) is 3. The van der Waals surface area contributed by atoms with Crippen molar-refractivity contribution in [1.82, 2.24) is 20.1 Å². The van der Waals surface area contributed by atoms with Crippen molar-refractivity contribution in [1.29, 1.82) is 0 Å². The van der Waals surface area contributed by atoms with Crippen molar-refractivity contribution in [3.63, 3.8) is 0 Å². The molecule has 1 amide bonds. The molecule has 3 rings (SSSR count). The van der Waals surface area contributed by atoms with Crippen LogP contribution in [0.15, 0.2) is 29.4 Å². The van der Waals surface area contributed by atoms with Gasteiger partial charge in [-0.1, -0.05) is 54.4 Å². The van der Waals surface area contributed by atoms with E-state index in [4.69, 9.17) is 0 Å². The van der Waals surface area contributed by atoms with Gasteiger partial charge in [-0.15, -0.1) is 10.2 Å². The smallest absolute Gasteiger partial charge is 0.220 e. The van der Waals surface area contributed by atoms with Crippen LogP contribution in [0.3, 0.4) is 0 Å². The molecule has 27 heavy (non-hydrogen) atoms. The summed E-state index contributed by atoms with van der Waals surface area (Å²) in [4.78, 5) is 12.1. The van der Waals surface area contributed by atoms with Gasteiger partial charge in [-0.05, 0) is 44.4 Å². The molecule has 1 aromatic heterocycles. The van der Waals surface area contributed by atoms with Gasteiger partial charge in [0, 0.05) is 25.4 Å². The average Bonchev–Trinajstić information content (AvgIpc) is 3.32. The van der Waals surface area contributed by atoms with E-state index in [1.807, 2.05) is 6.07 Å². The first kappa shape index (κ1) is 19.9. The van der Waals surface area contributed by atoms with Gasteiger partial charge in [0.15, 0.2) is 5.16 Å². The minimum absolute atomic E-state index is 0.124. The molecule has 1 fully saturated rings. The summed E-state index contributed by atoms with van der Waals surface area (Å²) in [5.74, 6) is 1.19. The molecule has 1 aliphatic carbocycles. The quantitative estimate of drug-likeness (QED) is 0.520. The van der Waals surface area contributed by atoms with Crippen molar-refractivity contribution in [3.8, 4) is 0 Å². The predicted molar refractivity (Wildman–Crippen MR) is 110 cm³/mol. The number of aromatic nitrogens is 3. The normalized spacial score (nSPS) is 14.6. The standard InChI is InChI=1S/C21H30N4OS/c1-16-7-5-8-17(15-16)12-13-20(26)22-14-6-11-19-23-24-21(27-2)25(19)18-9-3-4-10-18/h5,7-8,15,18H,3-4,6,9-14H2,1-2H3,(H,22,26). The van der Waals surface area contributed by atoms with Crippen molar-refractivity contribution in [2.45, 2.75) is 69.5 Å². The Labute approximate surface area is 166 Å². The predicted octanol–water partition coefficient (Wildman–Crippen LogP) is 4.11. The molecule has 0 saturated heterocycles. The molecule has 1 heterocycles. The van der Waals surface area contributed by atoms with E-state index < -0.39 is 0 Å². The molecular weight excluding hydrogens is 356 g/mol. The molecule has 146 valence electrons. The monoisotopic (exact) mass is 386 g/mol. The highest BCUT2D eigenvalue weighted by Gasteiger charge is 2.23. The summed E-state index contributed by atoms with van der Waals surface area (Å²) in [6.45, 7) is 2.77. The zero-order valence-corrected chi connectivity index (χ0v) is 17.2. The molecular formula is C21H30N4OS. The molecule has 2 aromatic rings. The summed E-state index contributed by atoms with van der Waals surface area (Å²) in [5, 5.41) is 12.8. The summed E-state index contributed by atoms with van der Waals surface area (Å²) in [5.41, 5.74) is 2.46. The SMILES string of the molecule is CSc1nnc(CCCNC(=O)CCc2cccc(C)c2)n1C1CCCC1. The largest absolute Gasteiger partial charge is 0.356 e. The molecule has 0 unspecified atom stereocenters. The van der Waals surface area contributed by atoms with Crippen LogP contribution in [0.2, 0.25) is 0 Å². The molecule has 6 heteroatoms. The molecule has 0 bridgehead atoms. The van der Waals surface area contributed by atoms with Gasteiger partial charge in [-0.2, -0.15) is 0 Å². The second kappa shape index (κ2) is 9.93. The summed E-state index contributed by atoms with van der Waals surface area (Å²) < 4.78 is 2.34. The van der Waals surface area contributed by atoms with Crippen LogP contribution in [0.1, 0.15) is 61.5 Å². The van der Waals surface area contributed by atoms with E-state index >= 15 is 0 Å². The Morgan fingerprint density at radius 3 is 2.81 bits per heavy atom. The second-order valence-electron chi connectivity index (χ2n) is 7.35. The van der Waals surface area contributed by atoms with E-state index in [0.29, 0.717) is 19.0 Å². The van der Waals surface area contributed by atoms with Crippen LogP contribution in [0.5, 0.6) is 0 Å². The highest BCUT2D eigenvalue weighted by Crippen LogP contribution is 2.33. The van der Waals surface area contributed by atoms with E-state index in [9.17, 15) is 4.79 Å². The molecule has 1 N–H and O–H groups in total. The number of aryl methyl sites for hydroxylation is 3. The molecule has 1 aliphatic rings. The van der Waals surface area contributed by atoms with E-state index in [1.54, 1.807) is 11.8 Å². The lowest BCUT2D eigenvalue weighted by Gasteiger charge is -2.16. The van der Waals surface area contributed by atoms with Crippen LogP contribution in [0, 0.1) is 6.92 Å². The number of thioether (sulfide) groups is 1. The number of nitrogens with one attached hydrogen (secondary N) is 1. The van der Waals surface area contributed by atoms with Crippen LogP contribution < -0.4 is 5.32 Å². The number of hydrogen-bond donors (Lipinski definition) is 1. The minimum atomic E-state index is 0.124. The Morgan fingerprint density at radius 2 is 2.07 bits per heavy atom. The van der Waals surface area contributed by atoms with E-state index in [0.717, 1.165) is 30.2 Å². The highest BCUT2D eigenvalue weighted by atomic mass is 32.2. The number of carbonyl (C=O) groups excluding carboxylic acids is 1. The first-order chi connectivity index (χ1) is 13.2. The van der Waals surface area contributed by atoms with Crippen molar-refractivity contribution in [2.75, 3.05) is 12.8 Å². The molecule has 5 nitrogen and oxygen atoms in total. The Morgan fingerprint density at radius 1 is 1.26 bits per heavy atom. The first-order valence-electron chi connectivity index (χ1n) is 9.97. The van der Waals surface area contributed by atoms with Crippen LogP contribution in [0.25, 0.3) is 0 Å². The zero-order chi connectivity index (χ0) is 19.1. The summed E-state index contributed by atoms with van der Waals surface area (Å²) in [6.07, 6.45) is 10.2. The van der Waals surface area contributed by atoms with Crippen LogP contribution in [-0.4, -0.2) is 33.5 Å². The van der Waals surface area contributed by atoms with Crippen molar-refractivity contribution < 1.29 is 4.79 Å². The Balaban J connectivity index is 1.42. The fourth-order valence-corrected chi connectivity index (χ4v) is 4.41. The Hall–Kier alpha value is -1.82. The zero-order valence-electron chi connectivity index (χ0n) is 16.4. The summed E-state index contributed by atoms with van der Waals surface area (Å²) >= 11 is 1.67. The number of amides is 1. The third kappa shape index (κ3) is 5.58. The molecule has 1 aromatic carbocycles. The topological polar surface area (TPSA) is 59.8 Å². The maximum atomic E-state index is 12.1. The van der Waals surface area contributed by atoms with Gasteiger partial charge < -0.3 is 9.88 Å². The number of rotatable bonds is 9. The van der Waals surface area contributed by atoms with Crippen molar-refractivity contribution in [3.05, 3.63) is 41.2 Å². The lowest BCUT2D eigenvalue weighted by atomic mass is 10.1. The fraction of sp³-hybridized carbons (Fsp3) is 0.571. The molecule has 0 aliphatic heterocycles. The number of hydrogen-bond acceptors (Lipinski definition) is 4. The van der Waals surface area contributed by atoms with Crippen LogP contribution in [-0.2, 0) is 17.6 Å². The van der Waals surface area contributed by atoms with Gasteiger partial charge in [-0.3, -0.25) is 4.79 Å². The first-order valence-corrected chi connectivity index (χ1v) is 11.2. The summed E-state index contributed by atoms with van der Waals surface area (Å²) in [7, 11) is 0. The van der Waals surface area contributed by atoms with Gasteiger partial charge in [0.1, 0.15) is 5.82 Å². The van der Waals surface area contributed by atoms with Crippen LogP contribution in [0.4, 0.5) is 0 Å². The van der Waals surface area contributed by atoms with E-state index in [1.165, 1.54) is 36.8 Å². The van der Waals surface area contributed by atoms with Gasteiger partial charge in [-0.25, -0.2) is 0 Å². The van der Waals surface area contributed by atoms with E-state index in [2.05, 4.69) is 51.5 Å². The maximum Gasteiger partial charge on any atom is 0.220 e. The third-order valence-corrected chi connectivity index (χ3v) is 5.87. The lowest BCUT2D eigenvalue weighted by molar-refractivity contribution is -0.121. The third-order valence-electron chi connectivity index (χ3n) is 5.23. The Kier molecular flexibility index (Phi) is 7.33. The maximum absolute atomic E-state index is 12.1. The number of carbonyl (C=O) groups is 1. The highest BCUT2D eigenvalue weighted by molar-refractivity contribution is 7.98. The Bertz CT molecular complexity index is 752. The molecule has 0 spiro atoms. The van der Waals surface area contributed by atoms with Crippen molar-refractivity contribution >= 4 is 17.7 Å². The van der Waals surface area contributed by atoms with E-state index in [-0.39, 0.29) is 5.91 Å². The molecule has 0 atom stereocenters. The van der Waals surface area contributed by atoms with Crippen molar-refractivity contribution in [2.24, 2.45) is 0 Å². The van der Waals surface area contributed by atoms with Gasteiger partial charge in [0.25, 0.3) is 0 Å². The lowest BCUT2D eigenvalue weighted by Crippen LogP contribution is -2.25. The molecule has 0 radical (unpaired) electrons. The second-order valence-corrected chi connectivity index (χ2v) is 8.13. The molecule has 1 saturated carbocycles. The van der Waals surface area contributed by atoms with Crippen LogP contribution >= 0.6 is 11.8 Å². The van der Waals surface area contributed by atoms with Gasteiger partial charge in [0.2, 0.25) is 5.91 Å². The average molecular weight is 387 g/mol. The van der Waals surface area contributed by atoms with Gasteiger partial charge >= 0.3 is 0 Å². The number of benzene rings is 1. The fourth-order valence-electron chi connectivity index (χ4n) is 3.83. The van der Waals surface area contributed by atoms with Gasteiger partial charge in [0.05, 0.1) is 0 Å². The summed E-state index contributed by atoms with van der Waals surface area (Å²) in [6, 6.07) is 8.91. The minimum Gasteiger partial charge on any atom is -0.356 e.